The molecule has 2 atom stereocenters. The summed E-state index contributed by atoms with van der Waals surface area (Å²) in [5.41, 5.74) is 3.28. The van der Waals surface area contributed by atoms with Gasteiger partial charge in [-0.25, -0.2) is 4.79 Å². The number of aryl methyl sites for hydroxylation is 1. The summed E-state index contributed by atoms with van der Waals surface area (Å²) in [5, 5.41) is 0. The second-order valence-corrected chi connectivity index (χ2v) is 9.25. The zero-order valence-corrected chi connectivity index (χ0v) is 17.6. The lowest BCUT2D eigenvalue weighted by Crippen LogP contribution is -2.46. The van der Waals surface area contributed by atoms with Crippen molar-refractivity contribution in [3.8, 4) is 5.69 Å². The van der Waals surface area contributed by atoms with Crippen LogP contribution in [0.4, 0.5) is 0 Å². The average Bonchev–Trinajstić information content (AvgIpc) is 3.31. The highest BCUT2D eigenvalue weighted by molar-refractivity contribution is 8.01. The Labute approximate surface area is 174 Å². The predicted octanol–water partition coefficient (Wildman–Crippen LogP) is 3.27. The van der Waals surface area contributed by atoms with E-state index in [1.165, 1.54) is 0 Å². The van der Waals surface area contributed by atoms with Gasteiger partial charge in [-0.05, 0) is 45.4 Å². The Morgan fingerprint density at radius 3 is 2.69 bits per heavy atom. The Morgan fingerprint density at radius 2 is 1.97 bits per heavy atom. The highest BCUT2D eigenvalue weighted by Crippen LogP contribution is 2.47. The van der Waals surface area contributed by atoms with Gasteiger partial charge in [-0.15, -0.1) is 11.8 Å². The molecular weight excluding hydrogens is 388 g/mol. The van der Waals surface area contributed by atoms with Crippen LogP contribution in [0.25, 0.3) is 5.69 Å². The molecule has 0 spiro atoms. The number of nitrogens with zero attached hydrogens (tertiary/aromatic N) is 2. The lowest BCUT2D eigenvalue weighted by molar-refractivity contribution is -0.152. The average molecular weight is 413 g/mol. The third-order valence-corrected chi connectivity index (χ3v) is 7.31. The fourth-order valence-corrected chi connectivity index (χ4v) is 5.74. The van der Waals surface area contributed by atoms with Crippen molar-refractivity contribution in [1.82, 2.24) is 9.47 Å². The summed E-state index contributed by atoms with van der Waals surface area (Å²) in [6.07, 6.45) is 1.20. The van der Waals surface area contributed by atoms with Gasteiger partial charge in [0.25, 0.3) is 0 Å². The summed E-state index contributed by atoms with van der Waals surface area (Å²) >= 11 is 1.61. The number of carbonyl (C=O) groups is 3. The molecule has 2 aliphatic rings. The first-order chi connectivity index (χ1) is 13.8. The van der Waals surface area contributed by atoms with Crippen LogP contribution in [0.5, 0.6) is 0 Å². The van der Waals surface area contributed by atoms with Gasteiger partial charge in [0.05, 0.1) is 4.87 Å². The van der Waals surface area contributed by atoms with Gasteiger partial charge in [0.15, 0.2) is 6.61 Å². The minimum Gasteiger partial charge on any atom is -0.456 e. The van der Waals surface area contributed by atoms with Crippen LogP contribution >= 0.6 is 11.8 Å². The Morgan fingerprint density at radius 1 is 1.24 bits per heavy atom. The highest BCUT2D eigenvalue weighted by Gasteiger charge is 2.53. The number of thioether (sulfide) groups is 1. The predicted molar refractivity (Wildman–Crippen MR) is 111 cm³/mol. The summed E-state index contributed by atoms with van der Waals surface area (Å²) in [4.78, 5) is 38.9. The van der Waals surface area contributed by atoms with Crippen molar-refractivity contribution < 1.29 is 19.1 Å². The van der Waals surface area contributed by atoms with Gasteiger partial charge >= 0.3 is 5.97 Å². The molecule has 3 heterocycles. The third-order valence-electron chi connectivity index (χ3n) is 5.81. The van der Waals surface area contributed by atoms with Crippen LogP contribution in [0.1, 0.15) is 41.5 Å². The van der Waals surface area contributed by atoms with Gasteiger partial charge in [0.2, 0.25) is 11.7 Å². The summed E-state index contributed by atoms with van der Waals surface area (Å²) in [6.45, 7) is 5.49. The van der Waals surface area contributed by atoms with Crippen LogP contribution in [-0.4, -0.2) is 50.4 Å². The molecule has 4 rings (SSSR count). The Bertz CT molecular complexity index is 984. The summed E-state index contributed by atoms with van der Waals surface area (Å²) in [6, 6.07) is 11.0. The maximum Gasteiger partial charge on any atom is 0.330 e. The fourth-order valence-electron chi connectivity index (χ4n) is 4.33. The molecule has 2 aliphatic heterocycles. The number of ketones is 1. The SMILES string of the molecule is Cc1cc(C(=O)COC(=O)[C@@H]2CS[C@]3(C)CCC(=O)N23)c(C)n1-c1ccccc1. The van der Waals surface area contributed by atoms with Gasteiger partial charge in [-0.3, -0.25) is 9.59 Å². The first-order valence-corrected chi connectivity index (χ1v) is 10.7. The molecule has 2 aromatic rings. The number of aromatic nitrogens is 1. The first kappa shape index (κ1) is 19.8. The topological polar surface area (TPSA) is 68.6 Å². The maximum atomic E-state index is 12.8. The van der Waals surface area contributed by atoms with Gasteiger partial charge < -0.3 is 14.2 Å². The van der Waals surface area contributed by atoms with Crippen molar-refractivity contribution in [3.63, 3.8) is 0 Å². The molecule has 0 N–H and O–H groups in total. The summed E-state index contributed by atoms with van der Waals surface area (Å²) < 4.78 is 7.36. The van der Waals surface area contributed by atoms with Gasteiger partial charge in [-0.2, -0.15) is 0 Å². The van der Waals surface area contributed by atoms with E-state index in [1.54, 1.807) is 16.7 Å². The van der Waals surface area contributed by atoms with Crippen LogP contribution in [0.3, 0.4) is 0 Å². The molecule has 2 fully saturated rings. The molecule has 29 heavy (non-hydrogen) atoms. The number of benzene rings is 1. The van der Waals surface area contributed by atoms with Crippen molar-refractivity contribution in [1.29, 1.82) is 0 Å². The van der Waals surface area contributed by atoms with Crippen molar-refractivity contribution in [2.75, 3.05) is 12.4 Å². The molecule has 1 amide bonds. The zero-order valence-electron chi connectivity index (χ0n) is 16.8. The molecule has 152 valence electrons. The second-order valence-electron chi connectivity index (χ2n) is 7.75. The number of carbonyl (C=O) groups excluding carboxylic acids is 3. The zero-order chi connectivity index (χ0) is 20.8. The number of Topliss-reactive ketones (excluding diaryl/α,β-unsaturated/α-hetero) is 1. The van der Waals surface area contributed by atoms with Gasteiger partial charge in [0, 0.05) is 34.8 Å². The molecule has 0 saturated carbocycles. The Balaban J connectivity index is 1.46. The number of ether oxygens (including phenoxy) is 1. The van der Waals surface area contributed by atoms with Crippen molar-refractivity contribution in [2.24, 2.45) is 0 Å². The van der Waals surface area contributed by atoms with Crippen LogP contribution in [0, 0.1) is 13.8 Å². The van der Waals surface area contributed by atoms with Crippen molar-refractivity contribution in [3.05, 3.63) is 53.3 Å². The molecule has 1 aromatic carbocycles. The molecule has 0 aliphatic carbocycles. The third kappa shape index (κ3) is 3.37. The first-order valence-electron chi connectivity index (χ1n) is 9.72. The van der Waals surface area contributed by atoms with Crippen molar-refractivity contribution in [2.45, 2.75) is 44.5 Å². The van der Waals surface area contributed by atoms with Crippen LogP contribution in [0.2, 0.25) is 0 Å². The number of hydrogen-bond donors (Lipinski definition) is 0. The number of hydrogen-bond acceptors (Lipinski definition) is 5. The minimum absolute atomic E-state index is 0.0165. The Hall–Kier alpha value is -2.54. The summed E-state index contributed by atoms with van der Waals surface area (Å²) in [5.74, 6) is -0.244. The molecule has 2 saturated heterocycles. The van der Waals surface area contributed by atoms with Crippen LogP contribution < -0.4 is 0 Å². The van der Waals surface area contributed by atoms with E-state index in [-0.39, 0.29) is 23.2 Å². The quantitative estimate of drug-likeness (QED) is 0.557. The number of amides is 1. The van der Waals surface area contributed by atoms with Gasteiger partial charge in [-0.1, -0.05) is 18.2 Å². The van der Waals surface area contributed by atoms with Crippen LogP contribution in [0.15, 0.2) is 36.4 Å². The maximum absolute atomic E-state index is 12.8. The standard InChI is InChI=1S/C22H24N2O4S/c1-14-11-17(15(2)23(14)16-7-5-4-6-8-16)19(25)12-28-21(27)18-13-29-22(3)10-9-20(26)24(18)22/h4-8,11,18H,9-10,12-13H2,1-3H3/t18-,22+/m0/s1. The smallest absolute Gasteiger partial charge is 0.330 e. The van der Waals surface area contributed by atoms with E-state index in [0.717, 1.165) is 23.5 Å². The lowest BCUT2D eigenvalue weighted by atomic mass is 10.1. The monoisotopic (exact) mass is 412 g/mol. The number of rotatable bonds is 5. The van der Waals surface area contributed by atoms with E-state index in [1.807, 2.05) is 61.7 Å². The van der Waals surface area contributed by atoms with E-state index < -0.39 is 12.0 Å². The van der Waals surface area contributed by atoms with Crippen molar-refractivity contribution >= 4 is 29.4 Å². The van der Waals surface area contributed by atoms with Gasteiger partial charge in [0.1, 0.15) is 6.04 Å². The van der Waals surface area contributed by atoms with E-state index in [4.69, 9.17) is 4.74 Å². The molecule has 1 aromatic heterocycles. The van der Waals surface area contributed by atoms with E-state index in [9.17, 15) is 14.4 Å². The normalized spacial score (nSPS) is 23.3. The highest BCUT2D eigenvalue weighted by atomic mass is 32.2. The second kappa shape index (κ2) is 7.37. The number of fused-ring (bicyclic) bond motifs is 1. The molecular formula is C22H24N2O4S. The summed E-state index contributed by atoms with van der Waals surface area (Å²) in [7, 11) is 0. The molecule has 0 unspecified atom stereocenters. The van der Waals surface area contributed by atoms with E-state index in [2.05, 4.69) is 0 Å². The molecule has 6 nitrogen and oxygen atoms in total. The number of para-hydroxylation sites is 1. The van der Waals surface area contributed by atoms with Crippen LogP contribution in [-0.2, 0) is 14.3 Å². The fraction of sp³-hybridized carbons (Fsp3) is 0.409. The number of esters is 1. The van der Waals surface area contributed by atoms with E-state index in [0.29, 0.717) is 17.7 Å². The molecule has 0 radical (unpaired) electrons. The minimum atomic E-state index is -0.607. The van der Waals surface area contributed by atoms with E-state index >= 15 is 0 Å². The lowest BCUT2D eigenvalue weighted by Gasteiger charge is -2.29. The molecule has 0 bridgehead atoms. The largest absolute Gasteiger partial charge is 0.456 e. The molecule has 7 heteroatoms. The Kier molecular flexibility index (Phi) is 5.02.